The molecule has 0 aliphatic carbocycles. The van der Waals surface area contributed by atoms with Gasteiger partial charge in [-0.15, -0.1) is 0 Å². The second-order valence-electron chi connectivity index (χ2n) is 8.23. The Morgan fingerprint density at radius 3 is 1.14 bits per heavy atom. The lowest BCUT2D eigenvalue weighted by atomic mass is 10.0. The van der Waals surface area contributed by atoms with Crippen LogP contribution in [0.25, 0.3) is 0 Å². The van der Waals surface area contributed by atoms with Crippen molar-refractivity contribution >= 4 is 0 Å². The number of rotatable bonds is 0. The first-order valence-electron chi connectivity index (χ1n) is 8.68. The van der Waals surface area contributed by atoms with E-state index < -0.39 is 0 Å². The fourth-order valence-corrected chi connectivity index (χ4v) is 6.61. The fraction of sp³-hybridized carbons (Fsp3) is 1.00. The summed E-state index contributed by atoms with van der Waals surface area (Å²) in [5, 5.41) is 0. The molecule has 6 nitrogen and oxygen atoms in total. The molecular formula is C15H26N6. The molecule has 6 fully saturated rings. The zero-order valence-electron chi connectivity index (χ0n) is 13.5. The van der Waals surface area contributed by atoms with Gasteiger partial charge in [-0.3, -0.25) is 9.80 Å². The van der Waals surface area contributed by atoms with Crippen LogP contribution in [0.3, 0.4) is 0 Å². The van der Waals surface area contributed by atoms with Crippen molar-refractivity contribution in [2.45, 2.75) is 70.4 Å². The Morgan fingerprint density at radius 1 is 0.571 bits per heavy atom. The molecule has 6 saturated heterocycles. The van der Waals surface area contributed by atoms with Gasteiger partial charge in [-0.2, -0.15) is 0 Å². The third-order valence-corrected chi connectivity index (χ3v) is 6.93. The maximum Gasteiger partial charge on any atom is 0.202 e. The standard InChI is InChI=1S/C15H26N6/c1-9-5-16-6-10(2)19-13(16)18(9)15(19)20-11(3)7-17-8-12(4)21(15)14(17)20/h9-14H,5-8H2,1-4H3. The summed E-state index contributed by atoms with van der Waals surface area (Å²) in [6.07, 6.45) is 1.15. The monoisotopic (exact) mass is 290 g/mol. The van der Waals surface area contributed by atoms with Gasteiger partial charge in [0.1, 0.15) is 12.6 Å². The minimum atomic E-state index is 0.101. The lowest BCUT2D eigenvalue weighted by molar-refractivity contribution is -0.475. The summed E-state index contributed by atoms with van der Waals surface area (Å²) in [7, 11) is 0. The zero-order chi connectivity index (χ0) is 14.3. The van der Waals surface area contributed by atoms with Crippen molar-refractivity contribution in [3.8, 4) is 0 Å². The molecular weight excluding hydrogens is 264 g/mol. The topological polar surface area (TPSA) is 19.4 Å². The molecule has 116 valence electrons. The van der Waals surface area contributed by atoms with Crippen LogP contribution in [-0.4, -0.2) is 98.2 Å². The zero-order valence-corrected chi connectivity index (χ0v) is 13.5. The Bertz CT molecular complexity index is 435. The Hall–Kier alpha value is -0.240. The second kappa shape index (κ2) is 3.32. The van der Waals surface area contributed by atoms with Crippen LogP contribution >= 0.6 is 0 Å². The predicted octanol–water partition coefficient (Wildman–Crippen LogP) is -0.387. The Balaban J connectivity index is 1.52. The molecule has 0 N–H and O–H groups in total. The molecule has 1 spiro atoms. The van der Waals surface area contributed by atoms with E-state index in [-0.39, 0.29) is 5.91 Å². The lowest BCUT2D eigenvalue weighted by Crippen LogP contribution is -2.99. The van der Waals surface area contributed by atoms with E-state index >= 15 is 0 Å². The van der Waals surface area contributed by atoms with Crippen molar-refractivity contribution in [1.82, 2.24) is 29.4 Å². The van der Waals surface area contributed by atoms with E-state index in [1.54, 1.807) is 0 Å². The summed E-state index contributed by atoms with van der Waals surface area (Å²) in [6.45, 7) is 14.7. The van der Waals surface area contributed by atoms with E-state index in [0.29, 0.717) is 36.7 Å². The number of hydrogen-bond acceptors (Lipinski definition) is 6. The van der Waals surface area contributed by atoms with Gasteiger partial charge in [0.2, 0.25) is 5.91 Å². The minimum absolute atomic E-state index is 0.101. The lowest BCUT2D eigenvalue weighted by Gasteiger charge is -2.78. The van der Waals surface area contributed by atoms with Crippen molar-refractivity contribution in [3.05, 3.63) is 0 Å². The van der Waals surface area contributed by atoms with Crippen LogP contribution in [-0.2, 0) is 0 Å². The van der Waals surface area contributed by atoms with Gasteiger partial charge < -0.3 is 0 Å². The van der Waals surface area contributed by atoms with Gasteiger partial charge in [0.15, 0.2) is 0 Å². The Kier molecular flexibility index (Phi) is 1.93. The van der Waals surface area contributed by atoms with Gasteiger partial charge >= 0.3 is 0 Å². The smallest absolute Gasteiger partial charge is 0.202 e. The molecule has 0 aromatic carbocycles. The second-order valence-corrected chi connectivity index (χ2v) is 8.23. The first kappa shape index (κ1) is 12.2. The average Bonchev–Trinajstić information content (AvgIpc) is 2.89. The third kappa shape index (κ3) is 0.980. The normalized spacial score (nSPS) is 60.6. The number of fused-ring (bicyclic) bond motifs is 4. The number of nitrogens with zero attached hydrogens (tertiary/aromatic N) is 6. The molecule has 0 aromatic rings. The maximum absolute atomic E-state index is 2.81. The van der Waals surface area contributed by atoms with Gasteiger partial charge in [0, 0.05) is 50.3 Å². The molecule has 6 heteroatoms. The quantitative estimate of drug-likeness (QED) is 0.601. The van der Waals surface area contributed by atoms with E-state index in [4.69, 9.17) is 0 Å². The highest BCUT2D eigenvalue weighted by Gasteiger charge is 2.84. The van der Waals surface area contributed by atoms with Crippen molar-refractivity contribution in [2.75, 3.05) is 26.2 Å². The molecule has 6 aliphatic rings. The first-order chi connectivity index (χ1) is 10.1. The summed E-state index contributed by atoms with van der Waals surface area (Å²) >= 11 is 0. The molecule has 4 atom stereocenters. The van der Waals surface area contributed by atoms with E-state index in [2.05, 4.69) is 57.1 Å². The molecule has 6 rings (SSSR count). The number of hydrogen-bond donors (Lipinski definition) is 0. The summed E-state index contributed by atoms with van der Waals surface area (Å²) in [5.74, 6) is 0.101. The highest BCUT2D eigenvalue weighted by molar-refractivity contribution is 5.24. The molecule has 21 heavy (non-hydrogen) atoms. The summed E-state index contributed by atoms with van der Waals surface area (Å²) in [5.41, 5.74) is 0. The van der Waals surface area contributed by atoms with Crippen LogP contribution in [0.2, 0.25) is 0 Å². The summed E-state index contributed by atoms with van der Waals surface area (Å²) in [4.78, 5) is 16.6. The van der Waals surface area contributed by atoms with Crippen LogP contribution in [0.4, 0.5) is 0 Å². The van der Waals surface area contributed by atoms with Crippen molar-refractivity contribution in [3.63, 3.8) is 0 Å². The Labute approximate surface area is 126 Å². The van der Waals surface area contributed by atoms with Gasteiger partial charge in [-0.25, -0.2) is 19.6 Å². The molecule has 6 aliphatic heterocycles. The highest BCUT2D eigenvalue weighted by atomic mass is 16.0. The molecule has 0 saturated carbocycles. The third-order valence-electron chi connectivity index (χ3n) is 6.93. The molecule has 0 bridgehead atoms. The maximum atomic E-state index is 2.81. The van der Waals surface area contributed by atoms with Crippen LogP contribution in [0.5, 0.6) is 0 Å². The largest absolute Gasteiger partial charge is 0.272 e. The van der Waals surface area contributed by atoms with Gasteiger partial charge in [-0.1, -0.05) is 0 Å². The minimum Gasteiger partial charge on any atom is -0.272 e. The average molecular weight is 290 g/mol. The van der Waals surface area contributed by atoms with E-state index in [1.807, 2.05) is 0 Å². The van der Waals surface area contributed by atoms with Crippen LogP contribution in [0, 0.1) is 0 Å². The van der Waals surface area contributed by atoms with Crippen molar-refractivity contribution in [1.29, 1.82) is 0 Å². The highest BCUT2D eigenvalue weighted by Crippen LogP contribution is 2.63. The molecule has 0 radical (unpaired) electrons. The predicted molar refractivity (Wildman–Crippen MR) is 78.7 cm³/mol. The van der Waals surface area contributed by atoms with E-state index in [1.165, 1.54) is 26.2 Å². The SMILES string of the molecule is CC1CN2CC(C)N3C2N1C31N2C(C)CN3CC(C)N1C32. The fourth-order valence-electron chi connectivity index (χ4n) is 6.61. The van der Waals surface area contributed by atoms with Crippen molar-refractivity contribution < 1.29 is 0 Å². The van der Waals surface area contributed by atoms with Gasteiger partial charge in [0.25, 0.3) is 0 Å². The van der Waals surface area contributed by atoms with Crippen LogP contribution in [0.1, 0.15) is 27.7 Å². The first-order valence-corrected chi connectivity index (χ1v) is 8.68. The molecule has 6 heterocycles. The summed E-state index contributed by atoms with van der Waals surface area (Å²) < 4.78 is 0. The van der Waals surface area contributed by atoms with Crippen LogP contribution < -0.4 is 0 Å². The van der Waals surface area contributed by atoms with Crippen molar-refractivity contribution in [2.24, 2.45) is 0 Å². The molecule has 0 aromatic heterocycles. The summed E-state index contributed by atoms with van der Waals surface area (Å²) in [6, 6.07) is 2.70. The van der Waals surface area contributed by atoms with E-state index in [0.717, 1.165) is 0 Å². The van der Waals surface area contributed by atoms with Crippen LogP contribution in [0.15, 0.2) is 0 Å². The van der Waals surface area contributed by atoms with Gasteiger partial charge in [-0.05, 0) is 27.7 Å². The molecule has 0 amide bonds. The van der Waals surface area contributed by atoms with E-state index in [9.17, 15) is 0 Å². The Morgan fingerprint density at radius 2 is 0.857 bits per heavy atom. The molecule has 4 unspecified atom stereocenters. The van der Waals surface area contributed by atoms with Gasteiger partial charge in [0.05, 0.1) is 0 Å².